The van der Waals surface area contributed by atoms with E-state index in [9.17, 15) is 8.78 Å². The fraction of sp³-hybridized carbons (Fsp3) is 0.316. The van der Waals surface area contributed by atoms with Crippen LogP contribution in [0.3, 0.4) is 0 Å². The lowest BCUT2D eigenvalue weighted by atomic mass is 10.1. The third-order valence-electron chi connectivity index (χ3n) is 3.59. The maximum atomic E-state index is 13.6. The van der Waals surface area contributed by atoms with Gasteiger partial charge < -0.3 is 15.4 Å². The molecular weight excluding hydrogens is 324 g/mol. The van der Waals surface area contributed by atoms with Crippen LogP contribution in [0.1, 0.15) is 11.1 Å². The molecule has 0 aliphatic rings. The number of nitrogens with zero attached hydrogens (tertiary/aromatic N) is 1. The molecular formula is C19H23F2N3O. The minimum atomic E-state index is -0.824. The molecule has 0 aromatic heterocycles. The predicted molar refractivity (Wildman–Crippen MR) is 95.5 cm³/mol. The molecule has 0 bridgehead atoms. The minimum absolute atomic E-state index is 0.342. The molecule has 0 aliphatic carbocycles. The Morgan fingerprint density at radius 1 is 1.00 bits per heavy atom. The van der Waals surface area contributed by atoms with Gasteiger partial charge in [-0.05, 0) is 23.6 Å². The normalized spacial score (nSPS) is 11.4. The second kappa shape index (κ2) is 10.4. The van der Waals surface area contributed by atoms with E-state index in [0.29, 0.717) is 44.2 Å². The van der Waals surface area contributed by atoms with Crippen molar-refractivity contribution in [3.8, 4) is 0 Å². The second-order valence-corrected chi connectivity index (χ2v) is 5.43. The Labute approximate surface area is 146 Å². The van der Waals surface area contributed by atoms with Gasteiger partial charge in [-0.2, -0.15) is 0 Å². The first kappa shape index (κ1) is 18.9. The Balaban J connectivity index is 1.63. The van der Waals surface area contributed by atoms with Crippen molar-refractivity contribution in [2.45, 2.75) is 13.0 Å². The first-order valence-electron chi connectivity index (χ1n) is 8.20. The third-order valence-corrected chi connectivity index (χ3v) is 3.59. The van der Waals surface area contributed by atoms with E-state index >= 15 is 0 Å². The number of benzene rings is 2. The predicted octanol–water partition coefficient (Wildman–Crippen LogP) is 2.89. The number of hydrogen-bond donors (Lipinski definition) is 2. The highest BCUT2D eigenvalue weighted by Crippen LogP contribution is 2.11. The van der Waals surface area contributed by atoms with Gasteiger partial charge in [0.15, 0.2) is 17.6 Å². The van der Waals surface area contributed by atoms with E-state index in [1.807, 2.05) is 30.3 Å². The van der Waals surface area contributed by atoms with Gasteiger partial charge >= 0.3 is 0 Å². The zero-order valence-corrected chi connectivity index (χ0v) is 14.3. The number of guanidine groups is 1. The van der Waals surface area contributed by atoms with E-state index in [2.05, 4.69) is 15.6 Å². The van der Waals surface area contributed by atoms with Crippen LogP contribution in [0.5, 0.6) is 0 Å². The standard InChI is InChI=1S/C19H23F2N3O/c1-22-19(23-11-10-16-8-5-9-17(20)18(16)21)24-12-13-25-14-15-6-3-2-4-7-15/h2-9H,10-14H2,1H3,(H2,22,23,24). The van der Waals surface area contributed by atoms with E-state index in [0.717, 1.165) is 11.6 Å². The molecule has 0 spiro atoms. The fourth-order valence-electron chi connectivity index (χ4n) is 2.28. The molecule has 2 aromatic rings. The van der Waals surface area contributed by atoms with Crippen LogP contribution in [-0.2, 0) is 17.8 Å². The third kappa shape index (κ3) is 6.51. The van der Waals surface area contributed by atoms with Gasteiger partial charge in [0.1, 0.15) is 0 Å². The van der Waals surface area contributed by atoms with Crippen molar-refractivity contribution < 1.29 is 13.5 Å². The van der Waals surface area contributed by atoms with Crippen molar-refractivity contribution in [1.29, 1.82) is 0 Å². The first-order chi connectivity index (χ1) is 12.2. The number of aliphatic imine (C=N–C) groups is 1. The molecule has 0 saturated heterocycles. The van der Waals surface area contributed by atoms with Crippen LogP contribution in [0, 0.1) is 11.6 Å². The largest absolute Gasteiger partial charge is 0.375 e. The fourth-order valence-corrected chi connectivity index (χ4v) is 2.28. The SMILES string of the molecule is CN=C(NCCOCc1ccccc1)NCCc1cccc(F)c1F. The molecule has 25 heavy (non-hydrogen) atoms. The van der Waals surface area contributed by atoms with Crippen LogP contribution >= 0.6 is 0 Å². The summed E-state index contributed by atoms with van der Waals surface area (Å²) in [5, 5.41) is 6.18. The monoisotopic (exact) mass is 347 g/mol. The summed E-state index contributed by atoms with van der Waals surface area (Å²) in [7, 11) is 1.66. The first-order valence-corrected chi connectivity index (χ1v) is 8.20. The summed E-state index contributed by atoms with van der Waals surface area (Å²) in [5.74, 6) is -1.02. The zero-order chi connectivity index (χ0) is 17.9. The van der Waals surface area contributed by atoms with Crippen molar-refractivity contribution in [2.24, 2.45) is 4.99 Å². The van der Waals surface area contributed by atoms with Gasteiger partial charge in [-0.1, -0.05) is 42.5 Å². The molecule has 0 amide bonds. The Morgan fingerprint density at radius 2 is 1.76 bits per heavy atom. The summed E-state index contributed by atoms with van der Waals surface area (Å²) in [5.41, 5.74) is 1.47. The number of rotatable bonds is 8. The highest BCUT2D eigenvalue weighted by molar-refractivity contribution is 5.79. The molecule has 6 heteroatoms. The van der Waals surface area contributed by atoms with Gasteiger partial charge in [-0.15, -0.1) is 0 Å². The lowest BCUT2D eigenvalue weighted by Gasteiger charge is -2.12. The van der Waals surface area contributed by atoms with Crippen LogP contribution in [-0.4, -0.2) is 32.7 Å². The van der Waals surface area contributed by atoms with Crippen LogP contribution < -0.4 is 10.6 Å². The molecule has 0 fully saturated rings. The van der Waals surface area contributed by atoms with Crippen molar-refractivity contribution in [1.82, 2.24) is 10.6 Å². The lowest BCUT2D eigenvalue weighted by Crippen LogP contribution is -2.39. The van der Waals surface area contributed by atoms with Crippen molar-refractivity contribution in [3.63, 3.8) is 0 Å². The van der Waals surface area contributed by atoms with Gasteiger partial charge in [0.2, 0.25) is 0 Å². The minimum Gasteiger partial charge on any atom is -0.375 e. The maximum absolute atomic E-state index is 13.6. The molecule has 0 heterocycles. The molecule has 0 radical (unpaired) electrons. The summed E-state index contributed by atoms with van der Waals surface area (Å²) in [6.07, 6.45) is 0.370. The van der Waals surface area contributed by atoms with Crippen molar-refractivity contribution in [2.75, 3.05) is 26.7 Å². The summed E-state index contributed by atoms with van der Waals surface area (Å²) in [4.78, 5) is 4.09. The Hall–Kier alpha value is -2.47. The van der Waals surface area contributed by atoms with E-state index in [4.69, 9.17) is 4.74 Å². The van der Waals surface area contributed by atoms with Gasteiger partial charge in [0.25, 0.3) is 0 Å². The highest BCUT2D eigenvalue weighted by Gasteiger charge is 2.07. The van der Waals surface area contributed by atoms with Crippen molar-refractivity contribution >= 4 is 5.96 Å². The average molecular weight is 347 g/mol. The summed E-state index contributed by atoms with van der Waals surface area (Å²) < 4.78 is 32.3. The molecule has 0 aliphatic heterocycles. The highest BCUT2D eigenvalue weighted by atomic mass is 19.2. The number of halogens is 2. The molecule has 0 atom stereocenters. The number of nitrogens with one attached hydrogen (secondary N) is 2. The Bertz CT molecular complexity index is 678. The number of ether oxygens (including phenoxy) is 1. The van der Waals surface area contributed by atoms with Crippen LogP contribution in [0.25, 0.3) is 0 Å². The summed E-state index contributed by atoms with van der Waals surface area (Å²) in [6, 6.07) is 14.1. The topological polar surface area (TPSA) is 45.7 Å². The Morgan fingerprint density at radius 3 is 2.52 bits per heavy atom. The Kier molecular flexibility index (Phi) is 7.85. The van der Waals surface area contributed by atoms with Gasteiger partial charge in [-0.3, -0.25) is 4.99 Å². The lowest BCUT2D eigenvalue weighted by molar-refractivity contribution is 0.125. The quantitative estimate of drug-likeness (QED) is 0.438. The summed E-state index contributed by atoms with van der Waals surface area (Å²) in [6.45, 7) is 2.15. The van der Waals surface area contributed by atoms with Gasteiger partial charge in [0.05, 0.1) is 13.2 Å². The van der Waals surface area contributed by atoms with Crippen molar-refractivity contribution in [3.05, 3.63) is 71.3 Å². The molecule has 2 N–H and O–H groups in total. The van der Waals surface area contributed by atoms with E-state index in [1.165, 1.54) is 6.07 Å². The van der Waals surface area contributed by atoms with Gasteiger partial charge in [-0.25, -0.2) is 8.78 Å². The van der Waals surface area contributed by atoms with E-state index in [1.54, 1.807) is 13.1 Å². The van der Waals surface area contributed by atoms with Crippen LogP contribution in [0.15, 0.2) is 53.5 Å². The maximum Gasteiger partial charge on any atom is 0.191 e. The van der Waals surface area contributed by atoms with E-state index < -0.39 is 11.6 Å². The van der Waals surface area contributed by atoms with Gasteiger partial charge in [0, 0.05) is 20.1 Å². The molecule has 0 saturated carbocycles. The van der Waals surface area contributed by atoms with Crippen LogP contribution in [0.4, 0.5) is 8.78 Å². The second-order valence-electron chi connectivity index (χ2n) is 5.43. The average Bonchev–Trinajstić information content (AvgIpc) is 2.64. The zero-order valence-electron chi connectivity index (χ0n) is 14.3. The molecule has 4 nitrogen and oxygen atoms in total. The molecule has 0 unspecified atom stereocenters. The molecule has 2 rings (SSSR count). The van der Waals surface area contributed by atoms with Crippen LogP contribution in [0.2, 0.25) is 0 Å². The summed E-state index contributed by atoms with van der Waals surface area (Å²) >= 11 is 0. The number of hydrogen-bond acceptors (Lipinski definition) is 2. The molecule has 134 valence electrons. The smallest absolute Gasteiger partial charge is 0.191 e. The van der Waals surface area contributed by atoms with E-state index in [-0.39, 0.29) is 0 Å². The molecule has 2 aromatic carbocycles.